The van der Waals surface area contributed by atoms with E-state index in [2.05, 4.69) is 0 Å². The number of rotatable bonds is 0. The molecule has 1 nitrogen and oxygen atoms in total. The van der Waals surface area contributed by atoms with E-state index in [9.17, 15) is 0 Å². The average molecular weight is 271 g/mol. The van der Waals surface area contributed by atoms with Crippen LogP contribution in [0, 0.1) is 0 Å². The quantitative estimate of drug-likeness (QED) is 0.623. The number of hydrogen-bond acceptors (Lipinski definition) is 1. The van der Waals surface area contributed by atoms with E-state index in [1.165, 1.54) is 19.3 Å². The molecule has 92 valence electrons. The van der Waals surface area contributed by atoms with Crippen LogP contribution in [0.1, 0.15) is 43.0 Å². The van der Waals surface area contributed by atoms with Crippen molar-refractivity contribution in [3.05, 3.63) is 29.8 Å². The van der Waals surface area contributed by atoms with Gasteiger partial charge in [0.1, 0.15) is 11.4 Å². The molecule has 2 atom stereocenters. The zero-order valence-corrected chi connectivity index (χ0v) is 11.2. The molecule has 1 aromatic carbocycles. The van der Waals surface area contributed by atoms with Gasteiger partial charge in [0.2, 0.25) is 0 Å². The smallest absolute Gasteiger partial charge is 0.127 e. The Morgan fingerprint density at radius 1 is 1.06 bits per heavy atom. The fourth-order valence-electron chi connectivity index (χ4n) is 3.03. The summed E-state index contributed by atoms with van der Waals surface area (Å²) in [4.78, 5) is 0. The molecule has 0 saturated heterocycles. The maximum atomic E-state index is 6.57. The molecule has 1 aliphatic carbocycles. The lowest BCUT2D eigenvalue weighted by molar-refractivity contribution is 0.0131. The summed E-state index contributed by atoms with van der Waals surface area (Å²) < 4.78 is 6.23. The molecule has 1 saturated carbocycles. The molecule has 3 heteroatoms. The minimum atomic E-state index is -0.236. The van der Waals surface area contributed by atoms with Crippen LogP contribution in [0.5, 0.6) is 5.75 Å². The molecule has 1 spiro atoms. The predicted molar refractivity (Wildman–Crippen MR) is 71.1 cm³/mol. The van der Waals surface area contributed by atoms with Crippen LogP contribution >= 0.6 is 23.2 Å². The summed E-state index contributed by atoms with van der Waals surface area (Å²) in [6.45, 7) is 0. The summed E-state index contributed by atoms with van der Waals surface area (Å²) in [5, 5.41) is -0.265. The molecule has 0 N–H and O–H groups in total. The van der Waals surface area contributed by atoms with E-state index in [4.69, 9.17) is 27.9 Å². The molecular formula is C14H16Cl2O. The third-order valence-electron chi connectivity index (χ3n) is 3.99. The molecule has 3 rings (SSSR count). The predicted octanol–water partition coefficient (Wildman–Crippen LogP) is 4.67. The van der Waals surface area contributed by atoms with Crippen LogP contribution in [0.4, 0.5) is 0 Å². The minimum absolute atomic E-state index is 0.126. The van der Waals surface area contributed by atoms with Crippen LogP contribution < -0.4 is 4.74 Å². The first-order valence-corrected chi connectivity index (χ1v) is 7.16. The van der Waals surface area contributed by atoms with Gasteiger partial charge in [-0.05, 0) is 31.7 Å². The van der Waals surface area contributed by atoms with Gasteiger partial charge in [0.25, 0.3) is 0 Å². The normalized spacial score (nSPS) is 30.7. The van der Waals surface area contributed by atoms with Crippen molar-refractivity contribution in [2.45, 2.75) is 48.5 Å². The van der Waals surface area contributed by atoms with Crippen LogP contribution in [-0.2, 0) is 0 Å². The number of benzene rings is 1. The van der Waals surface area contributed by atoms with Crippen LogP contribution in [0.3, 0.4) is 0 Å². The van der Waals surface area contributed by atoms with Gasteiger partial charge in [-0.1, -0.05) is 24.6 Å². The largest absolute Gasteiger partial charge is 0.485 e. The molecular weight excluding hydrogens is 255 g/mol. The van der Waals surface area contributed by atoms with E-state index >= 15 is 0 Å². The summed E-state index contributed by atoms with van der Waals surface area (Å²) in [6.07, 6.45) is 5.71. The number of hydrogen-bond donors (Lipinski definition) is 0. The number of halogens is 2. The monoisotopic (exact) mass is 270 g/mol. The van der Waals surface area contributed by atoms with E-state index in [1.807, 2.05) is 24.3 Å². The Labute approximate surface area is 112 Å². The van der Waals surface area contributed by atoms with Crippen LogP contribution in [-0.4, -0.2) is 11.0 Å². The minimum Gasteiger partial charge on any atom is -0.485 e. The van der Waals surface area contributed by atoms with Crippen LogP contribution in [0.25, 0.3) is 0 Å². The van der Waals surface area contributed by atoms with Crippen molar-refractivity contribution in [3.8, 4) is 5.75 Å². The van der Waals surface area contributed by atoms with Crippen molar-refractivity contribution in [3.63, 3.8) is 0 Å². The lowest BCUT2D eigenvalue weighted by Crippen LogP contribution is -2.50. The van der Waals surface area contributed by atoms with E-state index in [0.29, 0.717) is 0 Å². The molecule has 0 aromatic heterocycles. The third-order valence-corrected chi connectivity index (χ3v) is 5.25. The molecule has 0 bridgehead atoms. The molecule has 1 aromatic rings. The van der Waals surface area contributed by atoms with Gasteiger partial charge in [0.15, 0.2) is 0 Å². The standard InChI is InChI=1S/C14H16Cl2O/c15-12-10-6-2-3-7-11(10)17-14(13(12)16)8-4-1-5-9-14/h2-3,6-7,12-13H,1,4-5,8-9H2/t12-,13+/m1/s1. The van der Waals surface area contributed by atoms with E-state index < -0.39 is 0 Å². The van der Waals surface area contributed by atoms with E-state index in [1.54, 1.807) is 0 Å². The second kappa shape index (κ2) is 4.37. The van der Waals surface area contributed by atoms with Crippen molar-refractivity contribution >= 4 is 23.2 Å². The van der Waals surface area contributed by atoms with Gasteiger partial charge in [-0.15, -0.1) is 23.2 Å². The van der Waals surface area contributed by atoms with Gasteiger partial charge in [-0.3, -0.25) is 0 Å². The molecule has 0 amide bonds. The Kier molecular flexibility index (Phi) is 3.00. The molecule has 0 unspecified atom stereocenters. The molecule has 1 fully saturated rings. The first kappa shape index (κ1) is 11.7. The molecule has 17 heavy (non-hydrogen) atoms. The maximum Gasteiger partial charge on any atom is 0.127 e. The summed E-state index contributed by atoms with van der Waals surface area (Å²) in [5.74, 6) is 0.923. The van der Waals surface area contributed by atoms with Crippen molar-refractivity contribution in [2.75, 3.05) is 0 Å². The van der Waals surface area contributed by atoms with Gasteiger partial charge >= 0.3 is 0 Å². The number of alkyl halides is 2. The van der Waals surface area contributed by atoms with Gasteiger partial charge in [-0.2, -0.15) is 0 Å². The fraction of sp³-hybridized carbons (Fsp3) is 0.571. The second-order valence-corrected chi connectivity index (χ2v) is 6.01. The van der Waals surface area contributed by atoms with E-state index in [-0.39, 0.29) is 16.4 Å². The lowest BCUT2D eigenvalue weighted by Gasteiger charge is -2.46. The zero-order chi connectivity index (χ0) is 11.9. The van der Waals surface area contributed by atoms with Crippen LogP contribution in [0.2, 0.25) is 0 Å². The topological polar surface area (TPSA) is 9.23 Å². The Morgan fingerprint density at radius 3 is 2.53 bits per heavy atom. The van der Waals surface area contributed by atoms with E-state index in [0.717, 1.165) is 24.2 Å². The Balaban J connectivity index is 2.00. The summed E-state index contributed by atoms with van der Waals surface area (Å²) >= 11 is 13.1. The Morgan fingerprint density at radius 2 is 1.76 bits per heavy atom. The van der Waals surface area contributed by atoms with Crippen molar-refractivity contribution in [1.29, 1.82) is 0 Å². The third kappa shape index (κ3) is 1.84. The SMILES string of the molecule is Cl[C@@H]1c2ccccc2OC2(CCCCC2)[C@H]1Cl. The van der Waals surface area contributed by atoms with Crippen molar-refractivity contribution < 1.29 is 4.74 Å². The molecule has 2 aliphatic rings. The highest BCUT2D eigenvalue weighted by Gasteiger charge is 2.48. The van der Waals surface area contributed by atoms with Crippen molar-refractivity contribution in [1.82, 2.24) is 0 Å². The van der Waals surface area contributed by atoms with Crippen LogP contribution in [0.15, 0.2) is 24.3 Å². The highest BCUT2D eigenvalue weighted by molar-refractivity contribution is 6.31. The maximum absolute atomic E-state index is 6.57. The Bertz CT molecular complexity index is 412. The first-order valence-electron chi connectivity index (χ1n) is 6.29. The molecule has 1 heterocycles. The van der Waals surface area contributed by atoms with Crippen molar-refractivity contribution in [2.24, 2.45) is 0 Å². The lowest BCUT2D eigenvalue weighted by atomic mass is 9.78. The Hall–Kier alpha value is -0.400. The van der Waals surface area contributed by atoms with Gasteiger partial charge < -0.3 is 4.74 Å². The van der Waals surface area contributed by atoms with Gasteiger partial charge in [-0.25, -0.2) is 0 Å². The second-order valence-electron chi connectivity index (χ2n) is 5.07. The van der Waals surface area contributed by atoms with Gasteiger partial charge in [0.05, 0.1) is 10.8 Å². The highest BCUT2D eigenvalue weighted by Crippen LogP contribution is 2.50. The molecule has 0 radical (unpaired) electrons. The van der Waals surface area contributed by atoms with Gasteiger partial charge in [0, 0.05) is 5.56 Å². The number of fused-ring (bicyclic) bond motifs is 1. The average Bonchev–Trinajstić information content (AvgIpc) is 2.37. The zero-order valence-electron chi connectivity index (χ0n) is 9.66. The highest BCUT2D eigenvalue weighted by atomic mass is 35.5. The summed E-state index contributed by atoms with van der Waals surface area (Å²) in [5.41, 5.74) is 0.797. The number of ether oxygens (including phenoxy) is 1. The molecule has 1 aliphatic heterocycles. The summed E-state index contributed by atoms with van der Waals surface area (Å²) in [7, 11) is 0. The number of para-hydroxylation sites is 1. The first-order chi connectivity index (χ1) is 8.23. The summed E-state index contributed by atoms with van der Waals surface area (Å²) in [6, 6.07) is 8.00. The fourth-order valence-corrected chi connectivity index (χ4v) is 3.84.